The Labute approximate surface area is 280 Å². The first-order valence-electron chi connectivity index (χ1n) is 17.5. The summed E-state index contributed by atoms with van der Waals surface area (Å²) in [6.07, 6.45) is 25.3. The highest BCUT2D eigenvalue weighted by molar-refractivity contribution is 7.86. The predicted molar refractivity (Wildman–Crippen MR) is 193 cm³/mol. The van der Waals surface area contributed by atoms with E-state index < -0.39 is 16.2 Å². The summed E-state index contributed by atoms with van der Waals surface area (Å²) in [5.74, 6) is 0. The maximum atomic E-state index is 13.2. The van der Waals surface area contributed by atoms with E-state index in [0.29, 0.717) is 19.8 Å². The largest absolute Gasteiger partial charge is 0.379 e. The average molecular weight is 651 g/mol. The standard InChI is InChI=1S/C39H58N2O4S/c1-4-7-8-9-10-11-12-13-14-15-16-17-18-19-30-44-33-38(45-46(42,43)39-26-24-36(6-3)25-27-39)32-41-29-28-40(34-41)31-37-22-20-35(5-2)21-23-37/h5-6,20-29,38H,2-4,7-19,30-34H2,1H3. The Balaban J connectivity index is 1.39. The van der Waals surface area contributed by atoms with Crippen LogP contribution in [0.15, 0.2) is 79.0 Å². The zero-order valence-electron chi connectivity index (χ0n) is 28.3. The van der Waals surface area contributed by atoms with Crippen molar-refractivity contribution < 1.29 is 17.3 Å². The van der Waals surface area contributed by atoms with Crippen LogP contribution >= 0.6 is 0 Å². The molecule has 1 unspecified atom stereocenters. The molecule has 1 heterocycles. The van der Waals surface area contributed by atoms with Gasteiger partial charge in [0.05, 0.1) is 18.2 Å². The van der Waals surface area contributed by atoms with Gasteiger partial charge in [-0.25, -0.2) is 0 Å². The van der Waals surface area contributed by atoms with E-state index in [-0.39, 0.29) is 11.5 Å². The summed E-state index contributed by atoms with van der Waals surface area (Å²) in [6, 6.07) is 14.9. The first-order valence-corrected chi connectivity index (χ1v) is 19.0. The number of unbranched alkanes of at least 4 members (excludes halogenated alkanes) is 13. The minimum absolute atomic E-state index is 0.136. The van der Waals surface area contributed by atoms with Crippen LogP contribution in [0.4, 0.5) is 0 Å². The highest BCUT2D eigenvalue weighted by atomic mass is 32.2. The molecular formula is C39H58N2O4S. The van der Waals surface area contributed by atoms with Crippen molar-refractivity contribution in [1.82, 2.24) is 9.80 Å². The monoisotopic (exact) mass is 650 g/mol. The number of rotatable bonds is 26. The van der Waals surface area contributed by atoms with Gasteiger partial charge in [-0.1, -0.05) is 152 Å². The molecule has 0 spiro atoms. The first kappa shape index (κ1) is 37.6. The normalized spacial score (nSPS) is 13.8. The second-order valence-corrected chi connectivity index (χ2v) is 14.1. The van der Waals surface area contributed by atoms with Crippen molar-refractivity contribution in [1.29, 1.82) is 0 Å². The third-order valence-corrected chi connectivity index (χ3v) is 9.88. The molecule has 254 valence electrons. The molecule has 2 aromatic carbocycles. The number of ether oxygens (including phenoxy) is 1. The highest BCUT2D eigenvalue weighted by Crippen LogP contribution is 2.19. The Hall–Kier alpha value is -2.87. The number of nitrogens with zero attached hydrogens (tertiary/aromatic N) is 2. The maximum absolute atomic E-state index is 13.2. The summed E-state index contributed by atoms with van der Waals surface area (Å²) >= 11 is 0. The van der Waals surface area contributed by atoms with Crippen LogP contribution in [0.5, 0.6) is 0 Å². The van der Waals surface area contributed by atoms with Gasteiger partial charge >= 0.3 is 0 Å². The van der Waals surface area contributed by atoms with Crippen LogP contribution < -0.4 is 0 Å². The van der Waals surface area contributed by atoms with Gasteiger partial charge in [0.1, 0.15) is 6.10 Å². The molecule has 3 rings (SSSR count). The van der Waals surface area contributed by atoms with Crippen molar-refractivity contribution in [2.75, 3.05) is 26.4 Å². The quantitative estimate of drug-likeness (QED) is 0.0746. The van der Waals surface area contributed by atoms with E-state index in [1.54, 1.807) is 30.3 Å². The third kappa shape index (κ3) is 14.7. The molecule has 46 heavy (non-hydrogen) atoms. The molecule has 0 bridgehead atoms. The van der Waals surface area contributed by atoms with Gasteiger partial charge in [0.15, 0.2) is 0 Å². The van der Waals surface area contributed by atoms with Gasteiger partial charge < -0.3 is 14.5 Å². The van der Waals surface area contributed by atoms with Crippen molar-refractivity contribution >= 4 is 22.3 Å². The van der Waals surface area contributed by atoms with Crippen LogP contribution in [-0.2, 0) is 25.6 Å². The van der Waals surface area contributed by atoms with Crippen LogP contribution in [0, 0.1) is 0 Å². The lowest BCUT2D eigenvalue weighted by Gasteiger charge is -2.26. The fourth-order valence-corrected chi connectivity index (χ4v) is 6.78. The Morgan fingerprint density at radius 3 is 1.76 bits per heavy atom. The third-order valence-electron chi connectivity index (χ3n) is 8.50. The fraction of sp³-hybridized carbons (Fsp3) is 0.538. The van der Waals surface area contributed by atoms with Gasteiger partial charge in [0.25, 0.3) is 10.1 Å². The molecule has 0 radical (unpaired) electrons. The Morgan fingerprint density at radius 1 is 0.717 bits per heavy atom. The average Bonchev–Trinajstić information content (AvgIpc) is 3.51. The van der Waals surface area contributed by atoms with E-state index in [9.17, 15) is 8.42 Å². The second kappa shape index (κ2) is 21.8. The van der Waals surface area contributed by atoms with Gasteiger partial charge in [-0.05, 0) is 35.2 Å². The predicted octanol–water partition coefficient (Wildman–Crippen LogP) is 9.79. The molecule has 0 saturated heterocycles. The van der Waals surface area contributed by atoms with Crippen LogP contribution in [0.2, 0.25) is 0 Å². The summed E-state index contributed by atoms with van der Waals surface area (Å²) < 4.78 is 38.2. The van der Waals surface area contributed by atoms with Gasteiger partial charge in [-0.3, -0.25) is 4.18 Å². The summed E-state index contributed by atoms with van der Waals surface area (Å²) in [6.45, 7) is 12.5. The number of hydrogen-bond acceptors (Lipinski definition) is 6. The molecule has 6 nitrogen and oxygen atoms in total. The smallest absolute Gasteiger partial charge is 0.297 e. The van der Waals surface area contributed by atoms with Gasteiger partial charge in [-0.2, -0.15) is 8.42 Å². The van der Waals surface area contributed by atoms with E-state index in [0.717, 1.165) is 30.5 Å². The SMILES string of the molecule is C=Cc1ccc(CN2C=CN(CC(COCCCCCCCCCCCCCCCC)OS(=O)(=O)c3ccc(C=C)cc3)C2)cc1. The lowest BCUT2D eigenvalue weighted by Crippen LogP contribution is -2.37. The lowest BCUT2D eigenvalue weighted by atomic mass is 10.0. The molecule has 1 aliphatic rings. The zero-order valence-corrected chi connectivity index (χ0v) is 29.1. The zero-order chi connectivity index (χ0) is 32.9. The van der Waals surface area contributed by atoms with E-state index in [1.165, 1.54) is 82.6 Å². The van der Waals surface area contributed by atoms with Crippen LogP contribution in [0.25, 0.3) is 12.2 Å². The fourth-order valence-electron chi connectivity index (χ4n) is 5.72. The van der Waals surface area contributed by atoms with Crippen molar-refractivity contribution in [2.45, 2.75) is 114 Å². The minimum atomic E-state index is -3.95. The Morgan fingerprint density at radius 2 is 1.22 bits per heavy atom. The molecule has 1 aliphatic heterocycles. The molecule has 7 heteroatoms. The summed E-state index contributed by atoms with van der Waals surface area (Å²) in [5, 5.41) is 0. The molecule has 0 aromatic heterocycles. The van der Waals surface area contributed by atoms with Crippen molar-refractivity contribution in [3.63, 3.8) is 0 Å². The maximum Gasteiger partial charge on any atom is 0.297 e. The van der Waals surface area contributed by atoms with E-state index in [2.05, 4.69) is 54.1 Å². The van der Waals surface area contributed by atoms with Gasteiger partial charge in [0, 0.05) is 32.1 Å². The van der Waals surface area contributed by atoms with Crippen molar-refractivity contribution in [3.8, 4) is 0 Å². The molecule has 0 fully saturated rings. The van der Waals surface area contributed by atoms with Crippen molar-refractivity contribution in [2.24, 2.45) is 0 Å². The van der Waals surface area contributed by atoms with E-state index in [4.69, 9.17) is 8.92 Å². The second-order valence-electron chi connectivity index (χ2n) is 12.5. The van der Waals surface area contributed by atoms with Crippen LogP contribution in [0.1, 0.15) is 114 Å². The molecule has 2 aromatic rings. The molecule has 1 atom stereocenters. The topological polar surface area (TPSA) is 59.1 Å². The van der Waals surface area contributed by atoms with E-state index in [1.807, 2.05) is 18.5 Å². The summed E-state index contributed by atoms with van der Waals surface area (Å²) in [5.41, 5.74) is 3.15. The van der Waals surface area contributed by atoms with Gasteiger partial charge in [0.2, 0.25) is 0 Å². The van der Waals surface area contributed by atoms with E-state index >= 15 is 0 Å². The van der Waals surface area contributed by atoms with Crippen LogP contribution in [-0.4, -0.2) is 50.7 Å². The molecular weight excluding hydrogens is 593 g/mol. The molecule has 0 saturated carbocycles. The Bertz CT molecular complexity index is 1260. The Kier molecular flexibility index (Phi) is 17.8. The molecule has 0 N–H and O–H groups in total. The number of hydrogen-bond donors (Lipinski definition) is 0. The van der Waals surface area contributed by atoms with Crippen LogP contribution in [0.3, 0.4) is 0 Å². The molecule has 0 amide bonds. The first-order chi connectivity index (χ1) is 22.4. The lowest BCUT2D eigenvalue weighted by molar-refractivity contribution is 0.0362. The highest BCUT2D eigenvalue weighted by Gasteiger charge is 2.25. The number of benzene rings is 2. The summed E-state index contributed by atoms with van der Waals surface area (Å²) in [4.78, 5) is 4.41. The summed E-state index contributed by atoms with van der Waals surface area (Å²) in [7, 11) is -3.95. The molecule has 0 aliphatic carbocycles. The minimum Gasteiger partial charge on any atom is -0.379 e. The van der Waals surface area contributed by atoms with Crippen molar-refractivity contribution in [3.05, 3.63) is 90.8 Å². The van der Waals surface area contributed by atoms with Gasteiger partial charge in [-0.15, -0.1) is 0 Å².